The number of fused-ring (bicyclic) bond motifs is 3. The third-order valence-corrected chi connectivity index (χ3v) is 7.24. The first-order valence-electron chi connectivity index (χ1n) is 13.1. The Hall–Kier alpha value is -3.81. The Morgan fingerprint density at radius 3 is 2.41 bits per heavy atom. The zero-order valence-corrected chi connectivity index (χ0v) is 22.0. The Kier molecular flexibility index (Phi) is 8.16. The molecule has 0 bridgehead atoms. The number of piperazine rings is 1. The molecule has 0 atom stereocenters. The highest BCUT2D eigenvalue weighted by Gasteiger charge is 2.25. The van der Waals surface area contributed by atoms with Gasteiger partial charge in [-0.3, -0.25) is 14.6 Å². The zero-order valence-electron chi connectivity index (χ0n) is 22.0. The van der Waals surface area contributed by atoms with Gasteiger partial charge in [0.15, 0.2) is 0 Å². The lowest BCUT2D eigenvalue weighted by atomic mass is 9.85. The van der Waals surface area contributed by atoms with E-state index in [1.807, 2.05) is 19.1 Å². The lowest BCUT2D eigenvalue weighted by molar-refractivity contribution is -0.135. The number of carbonyl (C=O) groups excluding carboxylic acids is 2. The zero-order chi connectivity index (χ0) is 26.5. The summed E-state index contributed by atoms with van der Waals surface area (Å²) in [5.41, 5.74) is 12.8. The van der Waals surface area contributed by atoms with Gasteiger partial charge in [0, 0.05) is 62.2 Å². The minimum absolute atomic E-state index is 0.0379. The molecule has 3 N–H and O–H groups in total. The van der Waals surface area contributed by atoms with Gasteiger partial charge in [-0.05, 0) is 62.3 Å². The highest BCUT2D eigenvalue weighted by atomic mass is 16.2. The molecule has 1 aliphatic heterocycles. The molecule has 8 heteroatoms. The molecule has 0 spiro atoms. The van der Waals surface area contributed by atoms with Crippen LogP contribution in [0.5, 0.6) is 0 Å². The molecule has 37 heavy (non-hydrogen) atoms. The molecular formula is C29H36N6O2. The first-order valence-corrected chi connectivity index (χ1v) is 13.1. The van der Waals surface area contributed by atoms with E-state index in [0.29, 0.717) is 37.4 Å². The number of benzene rings is 1. The maximum Gasteiger partial charge on any atom is 0.255 e. The van der Waals surface area contributed by atoms with E-state index in [2.05, 4.69) is 13.0 Å². The molecule has 0 unspecified atom stereocenters. The van der Waals surface area contributed by atoms with Gasteiger partial charge in [-0.15, -0.1) is 0 Å². The molecule has 2 amide bonds. The van der Waals surface area contributed by atoms with E-state index in [9.17, 15) is 9.59 Å². The van der Waals surface area contributed by atoms with Crippen molar-refractivity contribution >= 4 is 46.5 Å². The van der Waals surface area contributed by atoms with Crippen molar-refractivity contribution in [2.45, 2.75) is 52.9 Å². The monoisotopic (exact) mass is 500 g/mol. The van der Waals surface area contributed by atoms with Gasteiger partial charge in [0.1, 0.15) is 0 Å². The summed E-state index contributed by atoms with van der Waals surface area (Å²) in [7, 11) is 0. The van der Waals surface area contributed by atoms with E-state index in [0.717, 1.165) is 65.5 Å². The Morgan fingerprint density at radius 1 is 1.11 bits per heavy atom. The van der Waals surface area contributed by atoms with Crippen LogP contribution in [0.2, 0.25) is 0 Å². The number of aryl methyl sites for hydroxylation is 1. The number of carbonyl (C=O) groups is 2. The van der Waals surface area contributed by atoms with Crippen LogP contribution in [0, 0.1) is 5.41 Å². The van der Waals surface area contributed by atoms with Crippen molar-refractivity contribution < 1.29 is 9.59 Å². The van der Waals surface area contributed by atoms with Gasteiger partial charge < -0.3 is 20.9 Å². The van der Waals surface area contributed by atoms with Crippen LogP contribution in [-0.2, 0) is 22.4 Å². The summed E-state index contributed by atoms with van der Waals surface area (Å²) in [6.45, 7) is 7.58. The van der Waals surface area contributed by atoms with Crippen molar-refractivity contribution in [3.63, 3.8) is 0 Å². The number of nitrogens with one attached hydrogen (secondary N) is 1. The molecule has 2 heterocycles. The summed E-state index contributed by atoms with van der Waals surface area (Å²) in [5.74, 6) is -0.0409. The third kappa shape index (κ3) is 5.33. The van der Waals surface area contributed by atoms with Crippen molar-refractivity contribution in [1.82, 2.24) is 14.8 Å². The number of nitrogens with zero attached hydrogens (tertiary/aromatic N) is 4. The summed E-state index contributed by atoms with van der Waals surface area (Å²) in [5, 5.41) is 8.92. The SMILES string of the molecule is C\C=C(/C=N/C(=C/CC)c1nc2ccc(N)c(C=N)c2c2c1CCCC2)C(=O)N1CCN(C(C)=O)CC1. The second-order valence-corrected chi connectivity index (χ2v) is 9.53. The Balaban J connectivity index is 1.69. The normalized spacial score (nSPS) is 16.8. The number of pyridine rings is 1. The largest absolute Gasteiger partial charge is 0.398 e. The number of amides is 2. The van der Waals surface area contributed by atoms with Crippen LogP contribution in [0.25, 0.3) is 16.6 Å². The predicted octanol–water partition coefficient (Wildman–Crippen LogP) is 4.15. The highest BCUT2D eigenvalue weighted by molar-refractivity contribution is 6.13. The Labute approximate surface area is 218 Å². The van der Waals surface area contributed by atoms with Crippen LogP contribution in [0.1, 0.15) is 62.4 Å². The second kappa shape index (κ2) is 11.5. The van der Waals surface area contributed by atoms with Crippen LogP contribution in [0.3, 0.4) is 0 Å². The number of aliphatic imine (C=N–C) groups is 1. The van der Waals surface area contributed by atoms with Crippen molar-refractivity contribution in [2.24, 2.45) is 4.99 Å². The number of nitrogen functional groups attached to an aromatic ring is 1. The fourth-order valence-electron chi connectivity index (χ4n) is 5.24. The van der Waals surface area contributed by atoms with Crippen LogP contribution in [0.4, 0.5) is 5.69 Å². The van der Waals surface area contributed by atoms with Crippen molar-refractivity contribution in [3.05, 3.63) is 52.2 Å². The first kappa shape index (κ1) is 26.3. The quantitative estimate of drug-likeness (QED) is 0.352. The van der Waals surface area contributed by atoms with E-state index in [4.69, 9.17) is 21.1 Å². The number of hydrogen-bond donors (Lipinski definition) is 2. The fraction of sp³-hybridized carbons (Fsp3) is 0.414. The van der Waals surface area contributed by atoms with Crippen LogP contribution >= 0.6 is 0 Å². The molecule has 2 aliphatic rings. The summed E-state index contributed by atoms with van der Waals surface area (Å²) in [6.07, 6.45) is 11.6. The van der Waals surface area contributed by atoms with Crippen molar-refractivity contribution in [2.75, 3.05) is 31.9 Å². The molecule has 1 saturated heterocycles. The maximum atomic E-state index is 13.2. The topological polar surface area (TPSA) is 116 Å². The van der Waals surface area contributed by atoms with E-state index in [1.165, 1.54) is 11.8 Å². The Bertz CT molecular complexity index is 1320. The molecule has 1 aromatic carbocycles. The van der Waals surface area contributed by atoms with Crippen LogP contribution in [-0.4, -0.2) is 65.2 Å². The first-order chi connectivity index (χ1) is 17.9. The molecular weight excluding hydrogens is 464 g/mol. The second-order valence-electron chi connectivity index (χ2n) is 9.53. The van der Waals surface area contributed by atoms with Gasteiger partial charge in [0.2, 0.25) is 5.91 Å². The number of rotatable bonds is 6. The predicted molar refractivity (Wildman–Crippen MR) is 150 cm³/mol. The summed E-state index contributed by atoms with van der Waals surface area (Å²) >= 11 is 0. The van der Waals surface area contributed by atoms with Gasteiger partial charge in [0.05, 0.1) is 22.5 Å². The smallest absolute Gasteiger partial charge is 0.255 e. The number of hydrogen-bond acceptors (Lipinski definition) is 6. The minimum atomic E-state index is -0.0788. The minimum Gasteiger partial charge on any atom is -0.398 e. The third-order valence-electron chi connectivity index (χ3n) is 7.24. The van der Waals surface area contributed by atoms with Crippen LogP contribution in [0.15, 0.2) is 34.9 Å². The molecule has 1 fully saturated rings. The van der Waals surface area contributed by atoms with E-state index in [-0.39, 0.29) is 11.8 Å². The molecule has 1 aromatic heterocycles. The fourth-order valence-corrected chi connectivity index (χ4v) is 5.24. The van der Waals surface area contributed by atoms with Gasteiger partial charge in [-0.1, -0.05) is 19.1 Å². The average Bonchev–Trinajstić information content (AvgIpc) is 2.92. The maximum absolute atomic E-state index is 13.2. The number of anilines is 1. The Morgan fingerprint density at radius 2 is 1.78 bits per heavy atom. The van der Waals surface area contributed by atoms with E-state index < -0.39 is 0 Å². The van der Waals surface area contributed by atoms with Gasteiger partial charge in [0.25, 0.3) is 5.91 Å². The standard InChI is InChI=1S/C29H36N6O2/c1-4-8-26(32-18-20(5-2)29(37)35-15-13-34(14-16-35)19(3)36)28-22-10-7-6-9-21(22)27-23(17-30)24(31)11-12-25(27)33-28/h5,8,11-12,17-18,30H,4,6-7,9-10,13-16,31H2,1-3H3/b20-5+,26-8+,30-17?,32-18+. The van der Waals surface area contributed by atoms with Gasteiger partial charge >= 0.3 is 0 Å². The molecule has 0 radical (unpaired) electrons. The molecule has 1 aliphatic carbocycles. The lowest BCUT2D eigenvalue weighted by Gasteiger charge is -2.34. The van der Waals surface area contributed by atoms with Crippen LogP contribution < -0.4 is 5.73 Å². The molecule has 194 valence electrons. The molecule has 4 rings (SSSR count). The van der Waals surface area contributed by atoms with E-state index in [1.54, 1.807) is 29.0 Å². The summed E-state index contributed by atoms with van der Waals surface area (Å²) in [4.78, 5) is 38.2. The van der Waals surface area contributed by atoms with Gasteiger partial charge in [-0.25, -0.2) is 4.98 Å². The molecule has 0 saturated carbocycles. The van der Waals surface area contributed by atoms with Gasteiger partial charge in [-0.2, -0.15) is 0 Å². The molecule has 2 aromatic rings. The number of allylic oxidation sites excluding steroid dienone is 2. The average molecular weight is 501 g/mol. The van der Waals surface area contributed by atoms with E-state index >= 15 is 0 Å². The highest BCUT2D eigenvalue weighted by Crippen LogP contribution is 2.36. The number of aromatic nitrogens is 1. The van der Waals surface area contributed by atoms with Crippen molar-refractivity contribution in [1.29, 1.82) is 5.41 Å². The molecule has 8 nitrogen and oxygen atoms in total. The van der Waals surface area contributed by atoms with Crippen molar-refractivity contribution in [3.8, 4) is 0 Å². The summed E-state index contributed by atoms with van der Waals surface area (Å²) in [6, 6.07) is 3.73. The number of nitrogens with two attached hydrogens (primary N) is 1. The lowest BCUT2D eigenvalue weighted by Crippen LogP contribution is -2.50. The summed E-state index contributed by atoms with van der Waals surface area (Å²) < 4.78 is 0.